The summed E-state index contributed by atoms with van der Waals surface area (Å²) in [6.07, 6.45) is 0. The third kappa shape index (κ3) is 4.04. The van der Waals surface area contributed by atoms with Gasteiger partial charge in [0.25, 0.3) is 0 Å². The Hall–Kier alpha value is -0.883. The average molecular weight is 280 g/mol. The molecule has 0 aliphatic rings. The van der Waals surface area contributed by atoms with Crippen molar-refractivity contribution in [3.63, 3.8) is 0 Å². The Bertz CT molecular complexity index is 361. The van der Waals surface area contributed by atoms with Crippen LogP contribution in [0.15, 0.2) is 0 Å². The van der Waals surface area contributed by atoms with Gasteiger partial charge >= 0.3 is 0 Å². The van der Waals surface area contributed by atoms with Gasteiger partial charge in [0.15, 0.2) is 11.6 Å². The summed E-state index contributed by atoms with van der Waals surface area (Å²) in [5.74, 6) is 2.00. The Balaban J connectivity index is 5.71. The molecule has 0 fully saturated rings. The van der Waals surface area contributed by atoms with Crippen LogP contribution in [0, 0.1) is 17.4 Å². The Morgan fingerprint density at radius 2 is 1.11 bits per heavy atom. The van der Waals surface area contributed by atoms with Crippen molar-refractivity contribution in [1.82, 2.24) is 0 Å². The van der Waals surface area contributed by atoms with Crippen molar-refractivity contribution in [2.75, 3.05) is 0 Å². The summed E-state index contributed by atoms with van der Waals surface area (Å²) in [5.41, 5.74) is 4.98. The van der Waals surface area contributed by atoms with E-state index < -0.39 is 14.0 Å². The molecule has 0 radical (unpaired) electrons. The molecule has 108 valence electrons. The van der Waals surface area contributed by atoms with Crippen molar-refractivity contribution in [2.24, 2.45) is 5.92 Å². The molecule has 0 N–H and O–H groups in total. The highest BCUT2D eigenvalue weighted by Crippen LogP contribution is 2.40. The maximum absolute atomic E-state index is 11.5. The van der Waals surface area contributed by atoms with E-state index in [0.717, 1.165) is 0 Å². The van der Waals surface area contributed by atoms with Crippen LogP contribution in [0.1, 0.15) is 55.4 Å². The monoisotopic (exact) mass is 280 g/mol. The quantitative estimate of drug-likeness (QED) is 0.433. The van der Waals surface area contributed by atoms with Crippen LogP contribution >= 0.6 is 0 Å². The molecule has 0 heterocycles. The second-order valence-corrected chi connectivity index (χ2v) is 11.9. The predicted octanol–water partition coefficient (Wildman–Crippen LogP) is 4.00. The number of Topliss-reactive ketones (excluding diaryl/α,β-unsaturated/α-hetero) is 2. The molecule has 0 aliphatic carbocycles. The molecule has 3 heteroatoms. The normalized spacial score (nSPS) is 12.0. The molecular weight excluding hydrogens is 252 g/mol. The zero-order valence-corrected chi connectivity index (χ0v) is 14.6. The van der Waals surface area contributed by atoms with Gasteiger partial charge < -0.3 is 0 Å². The zero-order valence-electron chi connectivity index (χ0n) is 13.6. The van der Waals surface area contributed by atoms with Gasteiger partial charge in [0, 0.05) is 0 Å². The van der Waals surface area contributed by atoms with E-state index in [1.54, 1.807) is 0 Å². The van der Waals surface area contributed by atoms with Gasteiger partial charge in [0.05, 0.1) is 0 Å². The first kappa shape index (κ1) is 18.1. The second kappa shape index (κ2) is 7.05. The molecule has 0 saturated carbocycles. The fourth-order valence-corrected chi connectivity index (χ4v) is 8.38. The maximum Gasteiger partial charge on any atom is 0.152 e. The lowest BCUT2D eigenvalue weighted by Crippen LogP contribution is -2.43. The number of carbonyl (C=O) groups excluding carboxylic acids is 2. The third-order valence-corrected chi connectivity index (χ3v) is 10.4. The van der Waals surface area contributed by atoms with Crippen LogP contribution < -0.4 is 0 Å². The molecule has 0 atom stereocenters. The second-order valence-electron chi connectivity index (χ2n) is 6.32. The summed E-state index contributed by atoms with van der Waals surface area (Å²) in [4.78, 5) is 23.0. The molecule has 0 saturated heterocycles. The fourth-order valence-electron chi connectivity index (χ4n) is 3.12. The number of carbonyl (C=O) groups is 2. The summed E-state index contributed by atoms with van der Waals surface area (Å²) >= 11 is 0. The van der Waals surface area contributed by atoms with Crippen molar-refractivity contribution < 1.29 is 9.59 Å². The molecule has 2 nitrogen and oxygen atoms in total. The lowest BCUT2D eigenvalue weighted by molar-refractivity contribution is -0.127. The van der Waals surface area contributed by atoms with E-state index >= 15 is 0 Å². The molecule has 0 aromatic carbocycles. The van der Waals surface area contributed by atoms with E-state index in [-0.39, 0.29) is 11.6 Å². The average Bonchev–Trinajstić information content (AvgIpc) is 2.21. The molecule has 0 bridgehead atoms. The van der Waals surface area contributed by atoms with Crippen LogP contribution in [-0.4, -0.2) is 19.6 Å². The Labute approximate surface area is 119 Å². The lowest BCUT2D eigenvalue weighted by Gasteiger charge is -2.38. The minimum Gasteiger partial charge on any atom is -0.298 e. The van der Waals surface area contributed by atoms with Gasteiger partial charge in [-0.2, -0.15) is 0 Å². The minimum atomic E-state index is -1.85. The Morgan fingerprint density at radius 1 is 0.789 bits per heavy atom. The molecule has 19 heavy (non-hydrogen) atoms. The zero-order chi connectivity index (χ0) is 15.4. The number of rotatable bonds is 5. The minimum absolute atomic E-state index is 0.140. The van der Waals surface area contributed by atoms with Gasteiger partial charge in [-0.3, -0.25) is 9.59 Å². The van der Waals surface area contributed by atoms with Gasteiger partial charge in [0.1, 0.15) is 14.0 Å². The summed E-state index contributed by atoms with van der Waals surface area (Å²) in [7, 11) is -1.85. The molecule has 0 amide bonds. The predicted molar refractivity (Wildman–Crippen MR) is 83.7 cm³/mol. The smallest absolute Gasteiger partial charge is 0.152 e. The van der Waals surface area contributed by atoms with Gasteiger partial charge in [0.2, 0.25) is 0 Å². The molecule has 0 aromatic heterocycles. The molecule has 0 aliphatic heterocycles. The lowest BCUT2D eigenvalue weighted by atomic mass is 10.0. The summed E-state index contributed by atoms with van der Waals surface area (Å²) < 4.78 is 0. The van der Waals surface area contributed by atoms with Crippen LogP contribution in [0.3, 0.4) is 0 Å². The summed E-state index contributed by atoms with van der Waals surface area (Å²) in [6, 6.07) is 0. The van der Waals surface area contributed by atoms with Crippen molar-refractivity contribution in [3.8, 4) is 11.5 Å². The van der Waals surface area contributed by atoms with Crippen molar-refractivity contribution in [1.29, 1.82) is 0 Å². The van der Waals surface area contributed by atoms with Gasteiger partial charge in [-0.1, -0.05) is 47.5 Å². The molecular formula is C16H28O2Si. The highest BCUT2D eigenvalue weighted by molar-refractivity contribution is 6.90. The largest absolute Gasteiger partial charge is 0.298 e. The topological polar surface area (TPSA) is 34.1 Å². The van der Waals surface area contributed by atoms with Crippen LogP contribution in [-0.2, 0) is 9.59 Å². The van der Waals surface area contributed by atoms with E-state index in [1.807, 2.05) is 0 Å². The highest BCUT2D eigenvalue weighted by atomic mass is 28.3. The SMILES string of the molecule is CC(=O)C(C#C[Si](C(C)C)(C(C)C)C(C)C)C(C)=O. The van der Waals surface area contributed by atoms with E-state index in [1.165, 1.54) is 13.8 Å². The molecule has 0 rings (SSSR count). The molecule has 0 spiro atoms. The Morgan fingerprint density at radius 3 is 1.32 bits per heavy atom. The standard InChI is InChI=1S/C16H28O2Si/c1-11(2)19(12(3)4,13(5)6)10-9-16(14(7)17)15(8)18/h11-13,16H,1-8H3. The third-order valence-electron chi connectivity index (χ3n) is 4.11. The first-order valence-electron chi connectivity index (χ1n) is 7.10. The first-order valence-corrected chi connectivity index (χ1v) is 9.34. The van der Waals surface area contributed by atoms with Crippen LogP contribution in [0.2, 0.25) is 16.6 Å². The number of hydrogen-bond acceptors (Lipinski definition) is 2. The van der Waals surface area contributed by atoms with Crippen molar-refractivity contribution in [3.05, 3.63) is 0 Å². The van der Waals surface area contributed by atoms with Crippen molar-refractivity contribution >= 4 is 19.6 Å². The summed E-state index contributed by atoms with van der Waals surface area (Å²) in [5, 5.41) is 0. The van der Waals surface area contributed by atoms with Crippen LogP contribution in [0.5, 0.6) is 0 Å². The molecule has 0 aromatic rings. The number of hydrogen-bond donors (Lipinski definition) is 0. The Kier molecular flexibility index (Phi) is 6.72. The van der Waals surface area contributed by atoms with Crippen molar-refractivity contribution in [2.45, 2.75) is 72.0 Å². The maximum atomic E-state index is 11.5. The fraction of sp³-hybridized carbons (Fsp3) is 0.750. The van der Waals surface area contributed by atoms with E-state index in [9.17, 15) is 9.59 Å². The van der Waals surface area contributed by atoms with E-state index in [4.69, 9.17) is 0 Å². The van der Waals surface area contributed by atoms with Gasteiger partial charge in [-0.25, -0.2) is 0 Å². The molecule has 0 unspecified atom stereocenters. The van der Waals surface area contributed by atoms with Crippen LogP contribution in [0.25, 0.3) is 0 Å². The van der Waals surface area contributed by atoms with Gasteiger partial charge in [-0.15, -0.1) is 5.54 Å². The first-order chi connectivity index (χ1) is 8.57. The number of ketones is 2. The van der Waals surface area contributed by atoms with Crippen LogP contribution in [0.4, 0.5) is 0 Å². The van der Waals surface area contributed by atoms with E-state index in [0.29, 0.717) is 16.6 Å². The van der Waals surface area contributed by atoms with E-state index in [2.05, 4.69) is 53.0 Å². The van der Waals surface area contributed by atoms with Gasteiger partial charge in [-0.05, 0) is 30.5 Å². The highest BCUT2D eigenvalue weighted by Gasteiger charge is 2.41. The summed E-state index contributed by atoms with van der Waals surface area (Å²) in [6.45, 7) is 16.2.